The van der Waals surface area contributed by atoms with Gasteiger partial charge in [-0.05, 0) is 20.3 Å². The largest absolute Gasteiger partial charge is 0.481 e. The molecule has 13 heavy (non-hydrogen) atoms. The zero-order valence-corrected chi connectivity index (χ0v) is 8.09. The number of aliphatic carboxylic acids is 1. The van der Waals surface area contributed by atoms with E-state index in [1.54, 1.807) is 13.8 Å². The van der Waals surface area contributed by atoms with Gasteiger partial charge in [0.1, 0.15) is 0 Å². The van der Waals surface area contributed by atoms with Gasteiger partial charge in [-0.1, -0.05) is 5.57 Å². The molecule has 0 fully saturated rings. The maximum atomic E-state index is 11.1. The molecule has 1 N–H and O–H groups in total. The zero-order valence-electron chi connectivity index (χ0n) is 8.09. The number of carbonyl (C=O) groups excluding carboxylic acids is 1. The molecule has 4 nitrogen and oxygen atoms in total. The molecule has 4 heteroatoms. The highest BCUT2D eigenvalue weighted by atomic mass is 16.5. The van der Waals surface area contributed by atoms with E-state index in [1.165, 1.54) is 7.11 Å². The lowest BCUT2D eigenvalue weighted by molar-refractivity contribution is -0.137. The number of carboxylic acid groups (broad SMARTS) is 1. The third kappa shape index (κ3) is 4.30. The Morgan fingerprint density at radius 2 is 1.77 bits per heavy atom. The number of methoxy groups -OCH3 is 1. The summed E-state index contributed by atoms with van der Waals surface area (Å²) in [5.74, 6) is -1.36. The van der Waals surface area contributed by atoms with Crippen LogP contribution in [0.4, 0.5) is 0 Å². The quantitative estimate of drug-likeness (QED) is 0.532. The van der Waals surface area contributed by atoms with Crippen LogP contribution in [0.25, 0.3) is 0 Å². The number of carbonyl (C=O) groups is 2. The van der Waals surface area contributed by atoms with Crippen molar-refractivity contribution >= 4 is 11.9 Å². The molecular formula is C9H14O4. The van der Waals surface area contributed by atoms with Crippen molar-refractivity contribution < 1.29 is 19.4 Å². The Bertz CT molecular complexity index is 236. The van der Waals surface area contributed by atoms with Gasteiger partial charge in [-0.25, -0.2) is 4.79 Å². The molecule has 0 bridgehead atoms. The molecule has 0 amide bonds. The van der Waals surface area contributed by atoms with Gasteiger partial charge in [0.25, 0.3) is 0 Å². The lowest BCUT2D eigenvalue weighted by Crippen LogP contribution is -2.08. The maximum absolute atomic E-state index is 11.1. The van der Waals surface area contributed by atoms with E-state index < -0.39 is 11.9 Å². The van der Waals surface area contributed by atoms with Crippen molar-refractivity contribution in [2.75, 3.05) is 7.11 Å². The highest BCUT2D eigenvalue weighted by molar-refractivity contribution is 5.89. The Balaban J connectivity index is 4.39. The first-order chi connectivity index (χ1) is 5.99. The van der Waals surface area contributed by atoms with Gasteiger partial charge < -0.3 is 9.84 Å². The molecule has 0 spiro atoms. The van der Waals surface area contributed by atoms with Gasteiger partial charge in [0.2, 0.25) is 0 Å². The van der Waals surface area contributed by atoms with Crippen molar-refractivity contribution in [2.45, 2.75) is 26.7 Å². The van der Waals surface area contributed by atoms with Gasteiger partial charge >= 0.3 is 11.9 Å². The minimum absolute atomic E-state index is 0.0460. The maximum Gasteiger partial charge on any atom is 0.333 e. The summed E-state index contributed by atoms with van der Waals surface area (Å²) in [6.45, 7) is 3.52. The van der Waals surface area contributed by atoms with Gasteiger partial charge in [0.05, 0.1) is 7.11 Å². The molecule has 0 heterocycles. The van der Waals surface area contributed by atoms with Gasteiger partial charge in [-0.2, -0.15) is 0 Å². The summed E-state index contributed by atoms with van der Waals surface area (Å²) in [6, 6.07) is 0. The van der Waals surface area contributed by atoms with E-state index in [4.69, 9.17) is 5.11 Å². The predicted octanol–water partition coefficient (Wildman–Crippen LogP) is 1.36. The van der Waals surface area contributed by atoms with Crippen LogP contribution in [0.5, 0.6) is 0 Å². The van der Waals surface area contributed by atoms with Crippen LogP contribution in [0.1, 0.15) is 26.7 Å². The topological polar surface area (TPSA) is 63.6 Å². The van der Waals surface area contributed by atoms with Gasteiger partial charge in [-0.3, -0.25) is 4.79 Å². The number of rotatable bonds is 4. The Labute approximate surface area is 77.2 Å². The summed E-state index contributed by atoms with van der Waals surface area (Å²) in [5.41, 5.74) is 1.25. The first-order valence-corrected chi connectivity index (χ1v) is 3.95. The van der Waals surface area contributed by atoms with Crippen LogP contribution >= 0.6 is 0 Å². The minimum atomic E-state index is -0.914. The van der Waals surface area contributed by atoms with E-state index in [0.717, 1.165) is 5.57 Å². The smallest absolute Gasteiger partial charge is 0.333 e. The number of allylic oxidation sites excluding steroid dienone is 1. The lowest BCUT2D eigenvalue weighted by Gasteiger charge is -2.05. The van der Waals surface area contributed by atoms with Crippen LogP contribution in [0.3, 0.4) is 0 Å². The lowest BCUT2D eigenvalue weighted by atomic mass is 10.1. The first-order valence-electron chi connectivity index (χ1n) is 3.95. The van der Waals surface area contributed by atoms with Crippen LogP contribution in [-0.2, 0) is 14.3 Å². The SMILES string of the molecule is COC(=O)C(CCC(=O)O)=C(C)C. The number of hydrogen-bond donors (Lipinski definition) is 1. The molecule has 0 aliphatic heterocycles. The third-order valence-electron chi connectivity index (χ3n) is 1.62. The van der Waals surface area contributed by atoms with E-state index >= 15 is 0 Å². The second kappa shape index (κ2) is 5.35. The summed E-state index contributed by atoms with van der Waals surface area (Å²) >= 11 is 0. The molecule has 0 aliphatic rings. The Kier molecular flexibility index (Phi) is 4.80. The summed E-state index contributed by atoms with van der Waals surface area (Å²) in [7, 11) is 1.28. The molecule has 0 aliphatic carbocycles. The van der Waals surface area contributed by atoms with Crippen molar-refractivity contribution in [1.29, 1.82) is 0 Å². The molecule has 0 atom stereocenters. The molecule has 0 saturated heterocycles. The van der Waals surface area contributed by atoms with Gasteiger partial charge in [-0.15, -0.1) is 0 Å². The normalized spacial score (nSPS) is 9.15. The van der Waals surface area contributed by atoms with Crippen molar-refractivity contribution in [3.63, 3.8) is 0 Å². The molecule has 0 aromatic carbocycles. The van der Waals surface area contributed by atoms with E-state index in [0.29, 0.717) is 5.57 Å². The fraction of sp³-hybridized carbons (Fsp3) is 0.556. The molecule has 74 valence electrons. The van der Waals surface area contributed by atoms with Crippen molar-refractivity contribution in [3.05, 3.63) is 11.1 Å². The highest BCUT2D eigenvalue weighted by Crippen LogP contribution is 2.12. The fourth-order valence-electron chi connectivity index (χ4n) is 0.911. The minimum Gasteiger partial charge on any atom is -0.481 e. The van der Waals surface area contributed by atoms with Crippen LogP contribution in [0, 0.1) is 0 Å². The molecule has 0 rings (SSSR count). The molecule has 0 saturated carbocycles. The van der Waals surface area contributed by atoms with Crippen LogP contribution in [0.2, 0.25) is 0 Å². The predicted molar refractivity (Wildman–Crippen MR) is 47.3 cm³/mol. The monoisotopic (exact) mass is 186 g/mol. The Morgan fingerprint density at radius 1 is 1.23 bits per heavy atom. The van der Waals surface area contributed by atoms with Crippen LogP contribution in [0.15, 0.2) is 11.1 Å². The molecule has 0 radical (unpaired) electrons. The fourth-order valence-corrected chi connectivity index (χ4v) is 0.911. The third-order valence-corrected chi connectivity index (χ3v) is 1.62. The second-order valence-corrected chi connectivity index (χ2v) is 2.86. The number of esters is 1. The van der Waals surface area contributed by atoms with E-state index in [2.05, 4.69) is 4.74 Å². The zero-order chi connectivity index (χ0) is 10.4. The number of hydrogen-bond acceptors (Lipinski definition) is 3. The number of carboxylic acids is 1. The Hall–Kier alpha value is -1.32. The summed E-state index contributed by atoms with van der Waals surface area (Å²) in [5, 5.41) is 8.42. The molecule has 0 aromatic rings. The first kappa shape index (κ1) is 11.7. The van der Waals surface area contributed by atoms with Crippen LogP contribution in [-0.4, -0.2) is 24.2 Å². The van der Waals surface area contributed by atoms with Crippen molar-refractivity contribution in [3.8, 4) is 0 Å². The summed E-state index contributed by atoms with van der Waals surface area (Å²) < 4.78 is 4.52. The highest BCUT2D eigenvalue weighted by Gasteiger charge is 2.12. The van der Waals surface area contributed by atoms with Gasteiger partial charge in [0.15, 0.2) is 0 Å². The molecular weight excluding hydrogens is 172 g/mol. The molecule has 0 aromatic heterocycles. The van der Waals surface area contributed by atoms with E-state index in [1.807, 2.05) is 0 Å². The summed E-state index contributed by atoms with van der Waals surface area (Å²) in [4.78, 5) is 21.4. The molecule has 0 unspecified atom stereocenters. The van der Waals surface area contributed by atoms with Crippen molar-refractivity contribution in [1.82, 2.24) is 0 Å². The summed E-state index contributed by atoms with van der Waals surface area (Å²) in [6.07, 6.45) is 0.181. The van der Waals surface area contributed by atoms with Gasteiger partial charge in [0, 0.05) is 12.0 Å². The number of ether oxygens (including phenoxy) is 1. The average Bonchev–Trinajstić information content (AvgIpc) is 2.03. The Morgan fingerprint density at radius 3 is 2.08 bits per heavy atom. The van der Waals surface area contributed by atoms with E-state index in [9.17, 15) is 9.59 Å². The average molecular weight is 186 g/mol. The standard InChI is InChI=1S/C9H14O4/c1-6(2)7(9(12)13-3)4-5-8(10)11/h4-5H2,1-3H3,(H,10,11). The van der Waals surface area contributed by atoms with E-state index in [-0.39, 0.29) is 12.8 Å². The van der Waals surface area contributed by atoms with Crippen LogP contribution < -0.4 is 0 Å². The second-order valence-electron chi connectivity index (χ2n) is 2.86. The van der Waals surface area contributed by atoms with Crippen molar-refractivity contribution in [2.24, 2.45) is 0 Å².